The van der Waals surface area contributed by atoms with E-state index in [1.165, 1.54) is 48.5 Å². The molecule has 0 unspecified atom stereocenters. The van der Waals surface area contributed by atoms with Crippen LogP contribution >= 0.6 is 0 Å². The van der Waals surface area contributed by atoms with E-state index in [9.17, 15) is 21.2 Å². The summed E-state index contributed by atoms with van der Waals surface area (Å²) in [6, 6.07) is 11.2. The molecule has 0 saturated heterocycles. The third-order valence-electron chi connectivity index (χ3n) is 3.49. The Balaban J connectivity index is 2.65. The molecular weight excluding hydrogens is 365 g/mol. The van der Waals surface area contributed by atoms with Crippen LogP contribution in [-0.4, -0.2) is 27.2 Å². The minimum Gasteiger partial charge on any atom is -0.244 e. The molecule has 5 nitrogen and oxygen atoms in total. The Hall–Kier alpha value is -2.19. The molecule has 0 atom stereocenters. The quantitative estimate of drug-likeness (QED) is 0.768. The van der Waals surface area contributed by atoms with E-state index in [0.717, 1.165) is 11.1 Å². The first-order chi connectivity index (χ1) is 11.6. The number of aryl methyl sites for hydroxylation is 2. The van der Waals surface area contributed by atoms with Crippen molar-refractivity contribution < 1.29 is 21.2 Å². The Morgan fingerprint density at radius 2 is 1.16 bits per heavy atom. The van der Waals surface area contributed by atoms with Crippen molar-refractivity contribution in [2.45, 2.75) is 23.6 Å². The van der Waals surface area contributed by atoms with Gasteiger partial charge in [-0.2, -0.15) is 3.71 Å². The van der Waals surface area contributed by atoms with Crippen LogP contribution in [0, 0.1) is 13.8 Å². The molecule has 0 aliphatic rings. The number of allylic oxidation sites excluding steroid dienone is 1. The monoisotopic (exact) mass is 383 g/mol. The number of hydrogen-bond acceptors (Lipinski definition) is 4. The number of alkyl halides is 1. The summed E-state index contributed by atoms with van der Waals surface area (Å²) < 4.78 is 64.7. The predicted molar refractivity (Wildman–Crippen MR) is 93.7 cm³/mol. The van der Waals surface area contributed by atoms with Crippen LogP contribution in [0.1, 0.15) is 11.1 Å². The first-order valence-corrected chi connectivity index (χ1v) is 10.2. The van der Waals surface area contributed by atoms with Gasteiger partial charge in [0.05, 0.1) is 15.5 Å². The third-order valence-corrected chi connectivity index (χ3v) is 7.79. The number of benzene rings is 2. The summed E-state index contributed by atoms with van der Waals surface area (Å²) in [6.45, 7) is 5.48. The normalized spacial score (nSPS) is 12.0. The van der Waals surface area contributed by atoms with Crippen molar-refractivity contribution in [3.8, 4) is 0 Å². The molecule has 0 aromatic heterocycles. The Morgan fingerprint density at radius 1 is 0.840 bits per heavy atom. The molecule has 0 N–H and O–H groups in total. The van der Waals surface area contributed by atoms with Crippen molar-refractivity contribution in [1.29, 1.82) is 0 Å². The maximum absolute atomic E-state index is 13.2. The fourth-order valence-corrected chi connectivity index (χ4v) is 5.80. The zero-order valence-corrected chi connectivity index (χ0v) is 15.4. The molecule has 0 amide bonds. The second-order valence-corrected chi connectivity index (χ2v) is 9.34. The minimum atomic E-state index is -4.54. The zero-order valence-electron chi connectivity index (χ0n) is 13.8. The SMILES string of the molecule is C=C(CF)N(S(=O)(=O)c1ccc(C)cc1)S(=O)(=O)c1ccc(C)cc1. The van der Waals surface area contributed by atoms with Gasteiger partial charge in [-0.3, -0.25) is 0 Å². The second kappa shape index (κ2) is 6.97. The smallest absolute Gasteiger partial charge is 0.244 e. The minimum absolute atomic E-state index is 0.0648. The molecule has 0 saturated carbocycles. The van der Waals surface area contributed by atoms with Gasteiger partial charge in [0.25, 0.3) is 20.0 Å². The highest BCUT2D eigenvalue weighted by atomic mass is 32.3. The van der Waals surface area contributed by atoms with Gasteiger partial charge in [0, 0.05) is 0 Å². The standard InChI is InChI=1S/C17H18FNO4S2/c1-13-4-8-16(9-5-13)24(20,21)19(15(3)12-18)25(22,23)17-10-6-14(2)7-11-17/h4-11H,3,12H2,1-2H3. The highest BCUT2D eigenvalue weighted by Gasteiger charge is 2.37. The number of sulfonamides is 2. The maximum Gasteiger partial charge on any atom is 0.277 e. The van der Waals surface area contributed by atoms with E-state index in [2.05, 4.69) is 6.58 Å². The van der Waals surface area contributed by atoms with Crippen molar-refractivity contribution in [1.82, 2.24) is 3.71 Å². The predicted octanol–water partition coefficient (Wildman–Crippen LogP) is 3.17. The lowest BCUT2D eigenvalue weighted by molar-refractivity contribution is 0.476. The van der Waals surface area contributed by atoms with Crippen molar-refractivity contribution in [3.05, 3.63) is 71.9 Å². The van der Waals surface area contributed by atoms with Gasteiger partial charge in [0.2, 0.25) is 0 Å². The van der Waals surface area contributed by atoms with E-state index in [4.69, 9.17) is 0 Å². The van der Waals surface area contributed by atoms with Crippen LogP contribution in [0.3, 0.4) is 0 Å². The van der Waals surface area contributed by atoms with Crippen LogP contribution in [0.2, 0.25) is 0 Å². The number of nitrogens with zero attached hydrogens (tertiary/aromatic N) is 1. The van der Waals surface area contributed by atoms with Gasteiger partial charge >= 0.3 is 0 Å². The molecule has 0 radical (unpaired) electrons. The topological polar surface area (TPSA) is 71.5 Å². The Kier molecular flexibility index (Phi) is 5.34. The van der Waals surface area contributed by atoms with Crippen molar-refractivity contribution in [2.75, 3.05) is 6.67 Å². The van der Waals surface area contributed by atoms with Crippen molar-refractivity contribution in [2.24, 2.45) is 0 Å². The van der Waals surface area contributed by atoms with Crippen molar-refractivity contribution in [3.63, 3.8) is 0 Å². The average Bonchev–Trinajstić information content (AvgIpc) is 2.55. The summed E-state index contributed by atoms with van der Waals surface area (Å²) in [4.78, 5) is -0.522. The molecule has 2 rings (SSSR count). The molecule has 8 heteroatoms. The lowest BCUT2D eigenvalue weighted by Crippen LogP contribution is -2.36. The van der Waals surface area contributed by atoms with Crippen LogP contribution < -0.4 is 0 Å². The fourth-order valence-electron chi connectivity index (χ4n) is 2.13. The van der Waals surface area contributed by atoms with Crippen LogP contribution in [0.4, 0.5) is 4.39 Å². The summed E-state index contributed by atoms with van der Waals surface area (Å²) in [5.41, 5.74) is 0.925. The highest BCUT2D eigenvalue weighted by Crippen LogP contribution is 2.28. The molecular formula is C17H18FNO4S2. The molecule has 2 aromatic rings. The van der Waals surface area contributed by atoms with E-state index in [-0.39, 0.29) is 13.5 Å². The van der Waals surface area contributed by atoms with E-state index in [1.54, 1.807) is 13.8 Å². The van der Waals surface area contributed by atoms with Gasteiger partial charge in [-0.25, -0.2) is 21.2 Å². The summed E-state index contributed by atoms with van der Waals surface area (Å²) in [7, 11) is -9.08. The molecule has 134 valence electrons. The summed E-state index contributed by atoms with van der Waals surface area (Å²) in [5.74, 6) is 0. The lowest BCUT2D eigenvalue weighted by atomic mass is 10.2. The fraction of sp³-hybridized carbons (Fsp3) is 0.176. The molecule has 0 bridgehead atoms. The molecule has 2 aromatic carbocycles. The van der Waals surface area contributed by atoms with Gasteiger partial charge in [-0.05, 0) is 38.1 Å². The van der Waals surface area contributed by atoms with Gasteiger partial charge in [0.1, 0.15) is 6.67 Å². The molecule has 0 heterocycles. The summed E-state index contributed by atoms with van der Waals surface area (Å²) >= 11 is 0. The van der Waals surface area contributed by atoms with Crippen LogP contribution in [-0.2, 0) is 20.0 Å². The maximum atomic E-state index is 13.2. The first-order valence-electron chi connectivity index (χ1n) is 7.28. The van der Waals surface area contributed by atoms with Crippen LogP contribution in [0.25, 0.3) is 0 Å². The van der Waals surface area contributed by atoms with Crippen molar-refractivity contribution >= 4 is 20.0 Å². The largest absolute Gasteiger partial charge is 0.277 e. The van der Waals surface area contributed by atoms with E-state index >= 15 is 0 Å². The van der Waals surface area contributed by atoms with Gasteiger partial charge in [-0.15, -0.1) is 0 Å². The average molecular weight is 383 g/mol. The van der Waals surface area contributed by atoms with Crippen LogP contribution in [0.5, 0.6) is 0 Å². The summed E-state index contributed by atoms with van der Waals surface area (Å²) in [5, 5.41) is 0. The number of rotatable bonds is 6. The zero-order chi connectivity index (χ0) is 18.8. The Bertz CT molecular complexity index is 904. The first kappa shape index (κ1) is 19.1. The van der Waals surface area contributed by atoms with Gasteiger partial charge in [-0.1, -0.05) is 42.0 Å². The molecule has 0 spiro atoms. The Labute approximate surface area is 147 Å². The molecule has 25 heavy (non-hydrogen) atoms. The Morgan fingerprint density at radius 3 is 1.44 bits per heavy atom. The van der Waals surface area contributed by atoms with E-state index in [1.807, 2.05) is 0 Å². The molecule has 0 aliphatic heterocycles. The van der Waals surface area contributed by atoms with Gasteiger partial charge < -0.3 is 0 Å². The number of halogens is 1. The van der Waals surface area contributed by atoms with E-state index in [0.29, 0.717) is 0 Å². The van der Waals surface area contributed by atoms with E-state index < -0.39 is 32.4 Å². The summed E-state index contributed by atoms with van der Waals surface area (Å²) in [6.07, 6.45) is 0. The number of hydrogen-bond donors (Lipinski definition) is 0. The second-order valence-electron chi connectivity index (χ2n) is 5.53. The lowest BCUT2D eigenvalue weighted by Gasteiger charge is -2.24. The molecule has 0 fully saturated rings. The van der Waals surface area contributed by atoms with Crippen LogP contribution in [0.15, 0.2) is 70.6 Å². The third kappa shape index (κ3) is 3.74. The highest BCUT2D eigenvalue weighted by molar-refractivity contribution is 8.04. The molecule has 0 aliphatic carbocycles. The van der Waals surface area contributed by atoms with Gasteiger partial charge in [0.15, 0.2) is 0 Å².